The first kappa shape index (κ1) is 9.86. The van der Waals surface area contributed by atoms with Gasteiger partial charge in [-0.3, -0.25) is 9.59 Å². The van der Waals surface area contributed by atoms with Crippen molar-refractivity contribution in [3.63, 3.8) is 0 Å². The first-order valence-electron chi connectivity index (χ1n) is 4.46. The van der Waals surface area contributed by atoms with Crippen LogP contribution in [0.2, 0.25) is 0 Å². The van der Waals surface area contributed by atoms with Crippen molar-refractivity contribution in [2.45, 2.75) is 6.42 Å². The quantitative estimate of drug-likeness (QED) is 0.633. The first-order chi connectivity index (χ1) is 7.18. The number of benzene rings is 1. The Kier molecular flexibility index (Phi) is 2.51. The Labute approximate surface area is 90.5 Å². The molecule has 3 nitrogen and oxygen atoms in total. The molecule has 2 N–H and O–H groups in total. The number of thiophene rings is 1. The number of nitrogens with two attached hydrogens (primary N) is 1. The molecule has 1 aromatic carbocycles. The summed E-state index contributed by atoms with van der Waals surface area (Å²) in [6, 6.07) is 7.60. The summed E-state index contributed by atoms with van der Waals surface area (Å²) in [4.78, 5) is 22.9. The van der Waals surface area contributed by atoms with Crippen LogP contribution in [0, 0.1) is 0 Å². The summed E-state index contributed by atoms with van der Waals surface area (Å²) in [6.45, 7) is 0. The van der Waals surface area contributed by atoms with Crippen LogP contribution in [-0.4, -0.2) is 11.7 Å². The average molecular weight is 219 g/mol. The highest BCUT2D eigenvalue weighted by atomic mass is 32.1. The van der Waals surface area contributed by atoms with E-state index in [1.54, 1.807) is 0 Å². The highest BCUT2D eigenvalue weighted by Gasteiger charge is 2.14. The molecule has 76 valence electrons. The highest BCUT2D eigenvalue weighted by molar-refractivity contribution is 7.13. The Morgan fingerprint density at radius 3 is 2.73 bits per heavy atom. The van der Waals surface area contributed by atoms with E-state index in [9.17, 15) is 9.59 Å². The molecule has 0 fully saturated rings. The van der Waals surface area contributed by atoms with Crippen molar-refractivity contribution in [3.8, 4) is 0 Å². The normalized spacial score (nSPS) is 10.4. The van der Waals surface area contributed by atoms with E-state index in [0.29, 0.717) is 4.88 Å². The summed E-state index contributed by atoms with van der Waals surface area (Å²) in [7, 11) is 0. The number of Topliss-reactive ketones (excluding diaryl/α,β-unsaturated/α-hetero) is 1. The van der Waals surface area contributed by atoms with E-state index in [4.69, 9.17) is 5.73 Å². The van der Waals surface area contributed by atoms with E-state index in [1.807, 2.05) is 29.6 Å². The van der Waals surface area contributed by atoms with Gasteiger partial charge in [0.25, 0.3) is 0 Å². The molecule has 1 amide bonds. The molecule has 0 saturated heterocycles. The highest BCUT2D eigenvalue weighted by Crippen LogP contribution is 2.26. The number of fused-ring (bicyclic) bond motifs is 1. The lowest BCUT2D eigenvalue weighted by molar-refractivity contribution is -0.117. The van der Waals surface area contributed by atoms with Crippen LogP contribution in [-0.2, 0) is 4.79 Å². The summed E-state index contributed by atoms with van der Waals surface area (Å²) in [5.41, 5.74) is 4.99. The van der Waals surface area contributed by atoms with E-state index in [-0.39, 0.29) is 12.2 Å². The zero-order valence-corrected chi connectivity index (χ0v) is 8.71. The van der Waals surface area contributed by atoms with Crippen LogP contribution in [0.4, 0.5) is 0 Å². The molecule has 0 aliphatic heterocycles. The van der Waals surface area contributed by atoms with E-state index in [1.165, 1.54) is 11.3 Å². The molecule has 0 unspecified atom stereocenters. The number of carbonyl (C=O) groups is 2. The lowest BCUT2D eigenvalue weighted by Gasteiger charge is -1.95. The Bertz CT molecular complexity index is 530. The van der Waals surface area contributed by atoms with Crippen molar-refractivity contribution in [3.05, 3.63) is 34.5 Å². The summed E-state index contributed by atoms with van der Waals surface area (Å²) < 4.78 is 0. The standard InChI is InChI=1S/C11H9NO2S/c12-10(14)5-9(13)11-8-4-2-1-3-7(8)6-15-11/h1-4,6H,5H2,(H2,12,14). The van der Waals surface area contributed by atoms with Gasteiger partial charge in [0.15, 0.2) is 5.78 Å². The maximum atomic E-state index is 11.6. The van der Waals surface area contributed by atoms with Gasteiger partial charge >= 0.3 is 0 Å². The number of hydrogen-bond acceptors (Lipinski definition) is 3. The van der Waals surface area contributed by atoms with Crippen LogP contribution in [0.3, 0.4) is 0 Å². The minimum absolute atomic E-state index is 0.200. The second kappa shape index (κ2) is 3.82. The van der Waals surface area contributed by atoms with Crippen LogP contribution in [0.25, 0.3) is 10.8 Å². The Morgan fingerprint density at radius 2 is 2.00 bits per heavy atom. The molecule has 15 heavy (non-hydrogen) atoms. The van der Waals surface area contributed by atoms with E-state index in [2.05, 4.69) is 0 Å². The molecule has 0 bridgehead atoms. The van der Waals surface area contributed by atoms with E-state index >= 15 is 0 Å². The second-order valence-electron chi connectivity index (χ2n) is 3.22. The van der Waals surface area contributed by atoms with Crippen LogP contribution >= 0.6 is 11.3 Å². The van der Waals surface area contributed by atoms with Gasteiger partial charge in [0.1, 0.15) is 0 Å². The third-order valence-corrected chi connectivity index (χ3v) is 3.15. The zero-order valence-electron chi connectivity index (χ0n) is 7.90. The molecule has 0 spiro atoms. The molecule has 0 radical (unpaired) electrons. The smallest absolute Gasteiger partial charge is 0.225 e. The van der Waals surface area contributed by atoms with E-state index in [0.717, 1.165) is 10.8 Å². The third kappa shape index (κ3) is 1.89. The number of ketones is 1. The predicted molar refractivity (Wildman–Crippen MR) is 60.0 cm³/mol. The number of hydrogen-bond donors (Lipinski definition) is 1. The molecule has 1 heterocycles. The summed E-state index contributed by atoms with van der Waals surface area (Å²) in [5.74, 6) is -0.786. The topological polar surface area (TPSA) is 60.2 Å². The van der Waals surface area contributed by atoms with Gasteiger partial charge in [0.05, 0.1) is 11.3 Å². The lowest BCUT2D eigenvalue weighted by Crippen LogP contribution is -2.15. The summed E-state index contributed by atoms with van der Waals surface area (Å²) in [5, 5.41) is 3.83. The van der Waals surface area contributed by atoms with Gasteiger partial charge in [0.2, 0.25) is 5.91 Å². The molecule has 2 rings (SSSR count). The summed E-state index contributed by atoms with van der Waals surface area (Å²) >= 11 is 1.36. The monoisotopic (exact) mass is 219 g/mol. The molecule has 0 saturated carbocycles. The van der Waals surface area contributed by atoms with Gasteiger partial charge < -0.3 is 5.73 Å². The van der Waals surface area contributed by atoms with Gasteiger partial charge in [-0.2, -0.15) is 0 Å². The second-order valence-corrected chi connectivity index (χ2v) is 4.10. The van der Waals surface area contributed by atoms with E-state index < -0.39 is 5.91 Å². The number of rotatable bonds is 3. The van der Waals surface area contributed by atoms with Crippen molar-refractivity contribution < 1.29 is 9.59 Å². The number of amides is 1. The maximum Gasteiger partial charge on any atom is 0.225 e. The molecular formula is C11H9NO2S. The zero-order chi connectivity index (χ0) is 10.8. The molecule has 1 aromatic heterocycles. The van der Waals surface area contributed by atoms with Crippen molar-refractivity contribution in [1.82, 2.24) is 0 Å². The molecule has 0 aliphatic rings. The Balaban J connectivity index is 2.44. The molecule has 2 aromatic rings. The summed E-state index contributed by atoms with van der Waals surface area (Å²) in [6.07, 6.45) is -0.218. The average Bonchev–Trinajstić information content (AvgIpc) is 2.59. The SMILES string of the molecule is NC(=O)CC(=O)c1scc2ccccc12. The largest absolute Gasteiger partial charge is 0.369 e. The minimum atomic E-state index is -0.586. The fourth-order valence-electron chi connectivity index (χ4n) is 1.45. The first-order valence-corrected chi connectivity index (χ1v) is 5.34. The van der Waals surface area contributed by atoms with Crippen molar-refractivity contribution >= 4 is 33.8 Å². The minimum Gasteiger partial charge on any atom is -0.369 e. The fraction of sp³-hybridized carbons (Fsp3) is 0.0909. The van der Waals surface area contributed by atoms with Gasteiger partial charge in [-0.05, 0) is 10.8 Å². The van der Waals surface area contributed by atoms with Crippen LogP contribution in [0.15, 0.2) is 29.6 Å². The maximum absolute atomic E-state index is 11.6. The van der Waals surface area contributed by atoms with Crippen LogP contribution in [0.5, 0.6) is 0 Å². The predicted octanol–water partition coefficient (Wildman–Crippen LogP) is 1.96. The van der Waals surface area contributed by atoms with Crippen molar-refractivity contribution in [1.29, 1.82) is 0 Å². The fourth-order valence-corrected chi connectivity index (χ4v) is 2.41. The van der Waals surface area contributed by atoms with Gasteiger partial charge in [-0.25, -0.2) is 0 Å². The number of carbonyl (C=O) groups excluding carboxylic acids is 2. The van der Waals surface area contributed by atoms with Gasteiger partial charge in [-0.15, -0.1) is 11.3 Å². The lowest BCUT2D eigenvalue weighted by atomic mass is 10.1. The van der Waals surface area contributed by atoms with Gasteiger partial charge in [-0.1, -0.05) is 24.3 Å². The molecular weight excluding hydrogens is 210 g/mol. The molecule has 0 atom stereocenters. The van der Waals surface area contributed by atoms with Crippen LogP contribution in [0.1, 0.15) is 16.1 Å². The third-order valence-electron chi connectivity index (χ3n) is 2.10. The molecule has 0 aliphatic carbocycles. The Hall–Kier alpha value is -1.68. The van der Waals surface area contributed by atoms with Crippen molar-refractivity contribution in [2.24, 2.45) is 5.73 Å². The molecule has 4 heteroatoms. The Morgan fingerprint density at radius 1 is 1.27 bits per heavy atom. The van der Waals surface area contributed by atoms with Gasteiger partial charge in [0, 0.05) is 5.39 Å². The van der Waals surface area contributed by atoms with Crippen LogP contribution < -0.4 is 5.73 Å². The number of primary amides is 1. The van der Waals surface area contributed by atoms with Crippen molar-refractivity contribution in [2.75, 3.05) is 0 Å².